The van der Waals surface area contributed by atoms with Crippen LogP contribution in [-0.2, 0) is 13.0 Å². The fourth-order valence-electron chi connectivity index (χ4n) is 5.04. The van der Waals surface area contributed by atoms with E-state index in [1.807, 2.05) is 28.6 Å². The maximum atomic E-state index is 13.2. The predicted octanol–water partition coefficient (Wildman–Crippen LogP) is 3.04. The van der Waals surface area contributed by atoms with E-state index in [9.17, 15) is 9.59 Å². The van der Waals surface area contributed by atoms with E-state index in [2.05, 4.69) is 15.1 Å². The molecule has 2 aliphatic rings. The van der Waals surface area contributed by atoms with Crippen LogP contribution in [0.3, 0.4) is 0 Å². The molecule has 8 heteroatoms. The second kappa shape index (κ2) is 9.29. The number of piperidine rings is 1. The lowest BCUT2D eigenvalue weighted by Crippen LogP contribution is -2.46. The third-order valence-corrected chi connectivity index (χ3v) is 7.03. The van der Waals surface area contributed by atoms with E-state index in [-0.39, 0.29) is 11.5 Å². The van der Waals surface area contributed by atoms with Gasteiger partial charge in [0, 0.05) is 50.9 Å². The fraction of sp³-hybridized carbons (Fsp3) is 0.480. The number of anilines is 1. The maximum Gasteiger partial charge on any atom is 0.261 e. The van der Waals surface area contributed by atoms with Crippen LogP contribution in [0.15, 0.2) is 41.3 Å². The number of hydrogen-bond acceptors (Lipinski definition) is 6. The Hall–Kier alpha value is -3.29. The van der Waals surface area contributed by atoms with Crippen LogP contribution in [0.5, 0.6) is 0 Å². The third-order valence-electron chi connectivity index (χ3n) is 7.03. The minimum atomic E-state index is 0.00570. The lowest BCUT2D eigenvalue weighted by atomic mass is 10.0. The molecular weight excluding hydrogens is 416 g/mol. The number of aromatic nitrogens is 4. The number of amides is 1. The molecule has 0 unspecified atom stereocenters. The predicted molar refractivity (Wildman–Crippen MR) is 128 cm³/mol. The van der Waals surface area contributed by atoms with Crippen molar-refractivity contribution >= 4 is 22.6 Å². The SMILES string of the molecule is CN(c1cccnn1)C1CCN(C(=O)c2ccc3c(=O)n4c(nc3c2)CCCCCC4)CC1. The highest BCUT2D eigenvalue weighted by Gasteiger charge is 2.27. The summed E-state index contributed by atoms with van der Waals surface area (Å²) in [6.07, 6.45) is 8.63. The largest absolute Gasteiger partial charge is 0.355 e. The average molecular weight is 447 g/mol. The van der Waals surface area contributed by atoms with Crippen molar-refractivity contribution in [2.24, 2.45) is 0 Å². The van der Waals surface area contributed by atoms with Gasteiger partial charge in [-0.25, -0.2) is 4.98 Å². The van der Waals surface area contributed by atoms with Crippen molar-refractivity contribution in [2.75, 3.05) is 25.0 Å². The molecule has 4 heterocycles. The van der Waals surface area contributed by atoms with Gasteiger partial charge in [0.2, 0.25) is 0 Å². The summed E-state index contributed by atoms with van der Waals surface area (Å²) in [7, 11) is 2.03. The molecule has 8 nitrogen and oxygen atoms in total. The summed E-state index contributed by atoms with van der Waals surface area (Å²) in [5.74, 6) is 1.71. The lowest BCUT2D eigenvalue weighted by Gasteiger charge is -2.37. The first kappa shape index (κ1) is 21.6. The van der Waals surface area contributed by atoms with E-state index in [1.54, 1.807) is 24.4 Å². The van der Waals surface area contributed by atoms with Gasteiger partial charge in [-0.1, -0.05) is 12.8 Å². The number of benzene rings is 1. The molecular formula is C25H30N6O2. The van der Waals surface area contributed by atoms with Crippen molar-refractivity contribution in [3.63, 3.8) is 0 Å². The van der Waals surface area contributed by atoms with Crippen LogP contribution >= 0.6 is 0 Å². The van der Waals surface area contributed by atoms with Crippen molar-refractivity contribution in [3.05, 3.63) is 58.3 Å². The molecule has 1 saturated heterocycles. The van der Waals surface area contributed by atoms with Gasteiger partial charge in [-0.15, -0.1) is 5.10 Å². The number of hydrogen-bond donors (Lipinski definition) is 0. The van der Waals surface area contributed by atoms with Crippen molar-refractivity contribution in [2.45, 2.75) is 57.5 Å². The van der Waals surface area contributed by atoms with Crippen LogP contribution in [0.1, 0.15) is 54.7 Å². The molecule has 0 aliphatic carbocycles. The Morgan fingerprint density at radius 2 is 1.88 bits per heavy atom. The highest BCUT2D eigenvalue weighted by Crippen LogP contribution is 2.22. The van der Waals surface area contributed by atoms with E-state index >= 15 is 0 Å². The minimum Gasteiger partial charge on any atom is -0.355 e. The molecule has 3 aromatic rings. The standard InChI is InChI=1S/C25H30N6O2/c1-29(23-8-6-13-26-28-23)19-11-15-30(16-12-19)24(32)18-9-10-20-21(17-18)27-22-7-4-2-3-5-14-31(22)25(20)33/h6,8-10,13,17,19H,2-5,7,11-12,14-16H2,1H3. The molecule has 0 spiro atoms. The monoisotopic (exact) mass is 446 g/mol. The van der Waals surface area contributed by atoms with Crippen LogP contribution in [0.25, 0.3) is 10.9 Å². The summed E-state index contributed by atoms with van der Waals surface area (Å²) < 4.78 is 1.83. The molecule has 0 N–H and O–H groups in total. The van der Waals surface area contributed by atoms with Gasteiger partial charge < -0.3 is 9.80 Å². The summed E-state index contributed by atoms with van der Waals surface area (Å²) in [6, 6.07) is 9.52. The average Bonchev–Trinajstić information content (AvgIpc) is 2.85. The zero-order chi connectivity index (χ0) is 22.8. The number of rotatable bonds is 3. The van der Waals surface area contributed by atoms with E-state index in [0.717, 1.165) is 56.7 Å². The second-order valence-electron chi connectivity index (χ2n) is 9.10. The Labute approximate surface area is 193 Å². The molecule has 1 amide bonds. The topological polar surface area (TPSA) is 84.2 Å². The van der Waals surface area contributed by atoms with Gasteiger partial charge in [0.1, 0.15) is 5.82 Å². The van der Waals surface area contributed by atoms with Crippen molar-refractivity contribution in [1.29, 1.82) is 0 Å². The number of nitrogens with zero attached hydrogens (tertiary/aromatic N) is 6. The molecule has 2 aliphatic heterocycles. The first-order valence-corrected chi connectivity index (χ1v) is 11.9. The van der Waals surface area contributed by atoms with Crippen molar-refractivity contribution in [3.8, 4) is 0 Å². The Kier molecular flexibility index (Phi) is 6.07. The van der Waals surface area contributed by atoms with E-state index < -0.39 is 0 Å². The van der Waals surface area contributed by atoms with Crippen molar-refractivity contribution < 1.29 is 4.79 Å². The molecule has 0 saturated carbocycles. The van der Waals surface area contributed by atoms with Crippen LogP contribution in [-0.4, -0.2) is 56.7 Å². The maximum absolute atomic E-state index is 13.2. The van der Waals surface area contributed by atoms with Gasteiger partial charge in [0.05, 0.1) is 10.9 Å². The second-order valence-corrected chi connectivity index (χ2v) is 9.10. The Balaban J connectivity index is 1.33. The fourth-order valence-corrected chi connectivity index (χ4v) is 5.04. The van der Waals surface area contributed by atoms with Crippen LogP contribution in [0.4, 0.5) is 5.82 Å². The summed E-state index contributed by atoms with van der Waals surface area (Å²) in [5.41, 5.74) is 1.25. The molecule has 0 bridgehead atoms. The van der Waals surface area contributed by atoms with Gasteiger partial charge in [0.25, 0.3) is 11.5 Å². The van der Waals surface area contributed by atoms with Gasteiger partial charge in [-0.2, -0.15) is 5.10 Å². The zero-order valence-corrected chi connectivity index (χ0v) is 19.1. The summed E-state index contributed by atoms with van der Waals surface area (Å²) in [5, 5.41) is 8.76. The minimum absolute atomic E-state index is 0.00570. The third kappa shape index (κ3) is 4.34. The number of aryl methyl sites for hydroxylation is 1. The quantitative estimate of drug-likeness (QED) is 0.615. The summed E-state index contributed by atoms with van der Waals surface area (Å²) in [6.45, 7) is 2.11. The van der Waals surface area contributed by atoms with Gasteiger partial charge >= 0.3 is 0 Å². The van der Waals surface area contributed by atoms with Crippen LogP contribution in [0, 0.1) is 0 Å². The highest BCUT2D eigenvalue weighted by atomic mass is 16.2. The number of carbonyl (C=O) groups is 1. The molecule has 1 aromatic carbocycles. The van der Waals surface area contributed by atoms with E-state index in [0.29, 0.717) is 35.6 Å². The summed E-state index contributed by atoms with van der Waals surface area (Å²) in [4.78, 5) is 35.2. The molecule has 33 heavy (non-hydrogen) atoms. The number of fused-ring (bicyclic) bond motifs is 2. The zero-order valence-electron chi connectivity index (χ0n) is 19.1. The molecule has 0 radical (unpaired) electrons. The van der Waals surface area contributed by atoms with Gasteiger partial charge in [-0.3, -0.25) is 14.2 Å². The molecule has 172 valence electrons. The van der Waals surface area contributed by atoms with Gasteiger partial charge in [0.15, 0.2) is 5.82 Å². The Bertz CT molecular complexity index is 1200. The highest BCUT2D eigenvalue weighted by molar-refractivity contribution is 5.97. The molecule has 2 aromatic heterocycles. The van der Waals surface area contributed by atoms with Gasteiger partial charge in [-0.05, 0) is 56.0 Å². The smallest absolute Gasteiger partial charge is 0.261 e. The molecule has 1 fully saturated rings. The van der Waals surface area contributed by atoms with Crippen molar-refractivity contribution in [1.82, 2.24) is 24.6 Å². The molecule has 5 rings (SSSR count). The summed E-state index contributed by atoms with van der Waals surface area (Å²) >= 11 is 0. The first-order valence-electron chi connectivity index (χ1n) is 11.9. The number of likely N-dealkylation sites (tertiary alicyclic amines) is 1. The Morgan fingerprint density at radius 3 is 2.67 bits per heavy atom. The Morgan fingerprint density at radius 1 is 1.06 bits per heavy atom. The normalized spacial score (nSPS) is 17.3. The van der Waals surface area contributed by atoms with E-state index in [1.165, 1.54) is 6.42 Å². The lowest BCUT2D eigenvalue weighted by molar-refractivity contribution is 0.0713. The van der Waals surface area contributed by atoms with Crippen LogP contribution in [0.2, 0.25) is 0 Å². The first-order chi connectivity index (χ1) is 16.1. The number of carbonyl (C=O) groups excluding carboxylic acids is 1. The van der Waals surface area contributed by atoms with E-state index in [4.69, 9.17) is 4.98 Å². The molecule has 0 atom stereocenters. The van der Waals surface area contributed by atoms with Crippen LogP contribution < -0.4 is 10.5 Å².